The Morgan fingerprint density at radius 1 is 1.48 bits per heavy atom. The fourth-order valence-electron chi connectivity index (χ4n) is 3.14. The molecule has 0 fully saturated rings. The second kappa shape index (κ2) is 5.19. The van der Waals surface area contributed by atoms with Crippen molar-refractivity contribution in [3.63, 3.8) is 0 Å². The van der Waals surface area contributed by atoms with Gasteiger partial charge in [0.1, 0.15) is 0 Å². The van der Waals surface area contributed by atoms with E-state index in [9.17, 15) is 9.59 Å². The molecule has 0 amide bonds. The van der Waals surface area contributed by atoms with Crippen LogP contribution in [-0.2, 0) is 7.05 Å². The van der Waals surface area contributed by atoms with Gasteiger partial charge in [-0.05, 0) is 36.5 Å². The number of hydrogen-bond donors (Lipinski definition) is 1. The standard InChI is InChI=1S/C16H17ClN2O2/c1-3-9-4-5-18-13-6-11-14(7-10(9)13)19(2)16(21)12(8-20)15(11)17/h6-9,18H,3-5H2,1-2H3. The highest BCUT2D eigenvalue weighted by atomic mass is 35.5. The summed E-state index contributed by atoms with van der Waals surface area (Å²) in [5, 5.41) is 4.37. The molecule has 3 rings (SSSR count). The average molecular weight is 305 g/mol. The minimum Gasteiger partial charge on any atom is -0.385 e. The zero-order valence-electron chi connectivity index (χ0n) is 12.1. The number of halogens is 1. The molecule has 1 N–H and O–H groups in total. The van der Waals surface area contributed by atoms with Crippen LogP contribution in [0.15, 0.2) is 16.9 Å². The molecule has 110 valence electrons. The number of benzene rings is 1. The molecule has 5 heteroatoms. The van der Waals surface area contributed by atoms with Crippen molar-refractivity contribution in [3.05, 3.63) is 38.6 Å². The van der Waals surface area contributed by atoms with Crippen molar-refractivity contribution in [3.8, 4) is 0 Å². The van der Waals surface area contributed by atoms with Crippen LogP contribution in [0.3, 0.4) is 0 Å². The highest BCUT2D eigenvalue weighted by molar-refractivity contribution is 6.37. The Balaban J connectivity index is 2.40. The molecule has 0 saturated carbocycles. The number of nitrogens with one attached hydrogen (secondary N) is 1. The lowest BCUT2D eigenvalue weighted by Gasteiger charge is -2.27. The minimum absolute atomic E-state index is 0.0227. The summed E-state index contributed by atoms with van der Waals surface area (Å²) in [4.78, 5) is 23.3. The first-order chi connectivity index (χ1) is 10.1. The molecule has 0 bridgehead atoms. The molecular formula is C16H17ClN2O2. The van der Waals surface area contributed by atoms with Gasteiger partial charge in [-0.3, -0.25) is 9.59 Å². The van der Waals surface area contributed by atoms with E-state index < -0.39 is 0 Å². The van der Waals surface area contributed by atoms with E-state index >= 15 is 0 Å². The fourth-order valence-corrected chi connectivity index (χ4v) is 3.42. The SMILES string of the molecule is CCC1CCNc2cc3c(Cl)c(C=O)c(=O)n(C)c3cc21. The number of carbonyl (C=O) groups is 1. The maximum Gasteiger partial charge on any atom is 0.262 e. The molecule has 1 aromatic carbocycles. The number of aromatic nitrogens is 1. The molecule has 4 nitrogen and oxygen atoms in total. The maximum atomic E-state index is 12.2. The molecule has 21 heavy (non-hydrogen) atoms. The third-order valence-electron chi connectivity index (χ3n) is 4.40. The van der Waals surface area contributed by atoms with Gasteiger partial charge in [0.2, 0.25) is 0 Å². The van der Waals surface area contributed by atoms with Crippen LogP contribution in [-0.4, -0.2) is 17.4 Å². The number of hydrogen-bond acceptors (Lipinski definition) is 3. The lowest BCUT2D eigenvalue weighted by molar-refractivity contribution is 0.112. The number of nitrogens with zero attached hydrogens (tertiary/aromatic N) is 1. The maximum absolute atomic E-state index is 12.2. The van der Waals surface area contributed by atoms with E-state index in [1.807, 2.05) is 12.1 Å². The second-order valence-electron chi connectivity index (χ2n) is 5.49. The number of aldehydes is 1. The van der Waals surface area contributed by atoms with Crippen molar-refractivity contribution in [1.82, 2.24) is 4.57 Å². The van der Waals surface area contributed by atoms with E-state index in [1.54, 1.807) is 7.05 Å². The van der Waals surface area contributed by atoms with E-state index in [2.05, 4.69) is 12.2 Å². The summed E-state index contributed by atoms with van der Waals surface area (Å²) in [5.74, 6) is 0.491. The predicted octanol–water partition coefficient (Wildman–Crippen LogP) is 3.31. The van der Waals surface area contributed by atoms with Gasteiger partial charge in [-0.15, -0.1) is 0 Å². The molecule has 1 unspecified atom stereocenters. The summed E-state index contributed by atoms with van der Waals surface area (Å²) in [6, 6.07) is 3.99. The van der Waals surface area contributed by atoms with Crippen LogP contribution >= 0.6 is 11.6 Å². The number of carbonyl (C=O) groups excluding carboxylic acids is 1. The normalized spacial score (nSPS) is 17.4. The Hall–Kier alpha value is -1.81. The molecule has 2 aromatic rings. The first kappa shape index (κ1) is 14.1. The molecule has 0 spiro atoms. The van der Waals surface area contributed by atoms with Crippen LogP contribution in [0, 0.1) is 0 Å². The lowest BCUT2D eigenvalue weighted by Crippen LogP contribution is -2.23. The molecule has 1 atom stereocenters. The van der Waals surface area contributed by atoms with E-state index in [0.717, 1.165) is 36.0 Å². The van der Waals surface area contributed by atoms with Gasteiger partial charge in [0.05, 0.1) is 16.1 Å². The van der Waals surface area contributed by atoms with Crippen LogP contribution in [0.5, 0.6) is 0 Å². The summed E-state index contributed by atoms with van der Waals surface area (Å²) in [5.41, 5.74) is 2.73. The summed E-state index contributed by atoms with van der Waals surface area (Å²) in [6.45, 7) is 3.10. The van der Waals surface area contributed by atoms with E-state index in [1.165, 1.54) is 10.1 Å². The first-order valence-electron chi connectivity index (χ1n) is 7.13. The summed E-state index contributed by atoms with van der Waals surface area (Å²) >= 11 is 6.26. The quantitative estimate of drug-likeness (QED) is 0.866. The summed E-state index contributed by atoms with van der Waals surface area (Å²) < 4.78 is 1.51. The Labute approximate surface area is 127 Å². The van der Waals surface area contributed by atoms with Gasteiger partial charge in [-0.2, -0.15) is 0 Å². The molecule has 1 aromatic heterocycles. The van der Waals surface area contributed by atoms with Crippen molar-refractivity contribution in [1.29, 1.82) is 0 Å². The monoisotopic (exact) mass is 304 g/mol. The zero-order valence-corrected chi connectivity index (χ0v) is 12.8. The third kappa shape index (κ3) is 2.05. The number of rotatable bonds is 2. The lowest BCUT2D eigenvalue weighted by atomic mass is 9.88. The van der Waals surface area contributed by atoms with Crippen molar-refractivity contribution in [2.24, 2.45) is 7.05 Å². The van der Waals surface area contributed by atoms with Crippen molar-refractivity contribution in [2.45, 2.75) is 25.7 Å². The highest BCUT2D eigenvalue weighted by Gasteiger charge is 2.22. The molecule has 0 aliphatic carbocycles. The minimum atomic E-state index is -0.348. The smallest absolute Gasteiger partial charge is 0.262 e. The highest BCUT2D eigenvalue weighted by Crippen LogP contribution is 2.38. The first-order valence-corrected chi connectivity index (χ1v) is 7.51. The summed E-state index contributed by atoms with van der Waals surface area (Å²) in [6.07, 6.45) is 2.68. The van der Waals surface area contributed by atoms with Gasteiger partial charge in [0.15, 0.2) is 6.29 Å². The molecule has 1 aliphatic heterocycles. The van der Waals surface area contributed by atoms with Crippen molar-refractivity contribution >= 4 is 34.5 Å². The van der Waals surface area contributed by atoms with Gasteiger partial charge < -0.3 is 9.88 Å². The van der Waals surface area contributed by atoms with Crippen LogP contribution < -0.4 is 10.9 Å². The third-order valence-corrected chi connectivity index (χ3v) is 4.80. The predicted molar refractivity (Wildman–Crippen MR) is 85.7 cm³/mol. The number of anilines is 1. The number of pyridine rings is 1. The summed E-state index contributed by atoms with van der Waals surface area (Å²) in [7, 11) is 1.68. The van der Waals surface area contributed by atoms with Gasteiger partial charge >= 0.3 is 0 Å². The van der Waals surface area contributed by atoms with Crippen molar-refractivity contribution < 1.29 is 4.79 Å². The molecule has 1 aliphatic rings. The van der Waals surface area contributed by atoms with Crippen LogP contribution in [0.1, 0.15) is 41.6 Å². The molecule has 2 heterocycles. The Bertz CT molecular complexity index is 795. The number of fused-ring (bicyclic) bond motifs is 2. The van der Waals surface area contributed by atoms with Gasteiger partial charge in [0.25, 0.3) is 5.56 Å². The van der Waals surface area contributed by atoms with Crippen LogP contribution in [0.2, 0.25) is 5.02 Å². The van der Waals surface area contributed by atoms with Gasteiger partial charge in [-0.25, -0.2) is 0 Å². The zero-order chi connectivity index (χ0) is 15.1. The van der Waals surface area contributed by atoms with Gasteiger partial charge in [-0.1, -0.05) is 18.5 Å². The van der Waals surface area contributed by atoms with E-state index in [0.29, 0.717) is 12.2 Å². The average Bonchev–Trinajstić information content (AvgIpc) is 2.51. The second-order valence-corrected chi connectivity index (χ2v) is 5.86. The van der Waals surface area contributed by atoms with Crippen molar-refractivity contribution in [2.75, 3.05) is 11.9 Å². The largest absolute Gasteiger partial charge is 0.385 e. The van der Waals surface area contributed by atoms with Gasteiger partial charge in [0, 0.05) is 24.7 Å². The van der Waals surface area contributed by atoms with Crippen LogP contribution in [0.4, 0.5) is 5.69 Å². The Morgan fingerprint density at radius 3 is 2.90 bits per heavy atom. The van der Waals surface area contributed by atoms with E-state index in [4.69, 9.17) is 11.6 Å². The number of aryl methyl sites for hydroxylation is 1. The van der Waals surface area contributed by atoms with Crippen LogP contribution in [0.25, 0.3) is 10.9 Å². The molecular weight excluding hydrogens is 288 g/mol. The van der Waals surface area contributed by atoms with E-state index in [-0.39, 0.29) is 16.1 Å². The molecule has 0 radical (unpaired) electrons. The topological polar surface area (TPSA) is 51.1 Å². The fraction of sp³-hybridized carbons (Fsp3) is 0.375. The Morgan fingerprint density at radius 2 is 2.24 bits per heavy atom. The Kier molecular flexibility index (Phi) is 3.49. The molecule has 0 saturated heterocycles.